The zero-order valence-electron chi connectivity index (χ0n) is 11.2. The molecule has 0 aliphatic heterocycles. The maximum absolute atomic E-state index is 11.6. The van der Waals surface area contributed by atoms with Gasteiger partial charge in [0.25, 0.3) is 0 Å². The van der Waals surface area contributed by atoms with Crippen molar-refractivity contribution in [3.63, 3.8) is 0 Å². The average molecular weight is 342 g/mol. The van der Waals surface area contributed by atoms with Crippen LogP contribution in [0.25, 0.3) is 6.08 Å². The monoisotopic (exact) mass is 341 g/mol. The van der Waals surface area contributed by atoms with Crippen molar-refractivity contribution in [1.82, 2.24) is 5.32 Å². The molecular formula is C14H16BrNO4. The molecule has 0 heterocycles. The number of carbonyl (C=O) groups excluding carboxylic acids is 1. The lowest BCUT2D eigenvalue weighted by molar-refractivity contribution is -0.140. The molecule has 1 amide bonds. The number of hydrogen-bond donors (Lipinski definition) is 2. The molecule has 1 aromatic rings. The number of carboxylic acid groups (broad SMARTS) is 1. The van der Waals surface area contributed by atoms with Gasteiger partial charge < -0.3 is 15.2 Å². The van der Waals surface area contributed by atoms with Gasteiger partial charge in [0.2, 0.25) is 5.91 Å². The van der Waals surface area contributed by atoms with Gasteiger partial charge in [-0.05, 0) is 38.1 Å². The SMILES string of the molecule is CCOc1ccc(Br)cc1/C=C/C(=O)N[C@@H](C)C(=O)O. The van der Waals surface area contributed by atoms with Gasteiger partial charge in [-0.1, -0.05) is 15.9 Å². The molecule has 0 saturated heterocycles. The Morgan fingerprint density at radius 3 is 2.80 bits per heavy atom. The Morgan fingerprint density at radius 1 is 1.50 bits per heavy atom. The van der Waals surface area contributed by atoms with E-state index in [1.165, 1.54) is 13.0 Å². The lowest BCUT2D eigenvalue weighted by Crippen LogP contribution is -2.37. The lowest BCUT2D eigenvalue weighted by atomic mass is 10.2. The molecule has 0 aliphatic carbocycles. The Bertz CT molecular complexity index is 528. The molecule has 1 aromatic carbocycles. The van der Waals surface area contributed by atoms with E-state index in [1.807, 2.05) is 19.1 Å². The van der Waals surface area contributed by atoms with Gasteiger partial charge in [-0.3, -0.25) is 9.59 Å². The molecule has 0 saturated carbocycles. The number of nitrogens with one attached hydrogen (secondary N) is 1. The second kappa shape index (κ2) is 7.69. The van der Waals surface area contributed by atoms with E-state index in [2.05, 4.69) is 21.2 Å². The van der Waals surface area contributed by atoms with Gasteiger partial charge >= 0.3 is 5.97 Å². The Morgan fingerprint density at radius 2 is 2.20 bits per heavy atom. The van der Waals surface area contributed by atoms with Crippen LogP contribution < -0.4 is 10.1 Å². The van der Waals surface area contributed by atoms with E-state index >= 15 is 0 Å². The van der Waals surface area contributed by atoms with Crippen LogP contribution in [-0.4, -0.2) is 29.6 Å². The summed E-state index contributed by atoms with van der Waals surface area (Å²) in [6, 6.07) is 4.52. The highest BCUT2D eigenvalue weighted by Crippen LogP contribution is 2.24. The van der Waals surface area contributed by atoms with Crippen LogP contribution in [0.1, 0.15) is 19.4 Å². The van der Waals surface area contributed by atoms with E-state index < -0.39 is 17.9 Å². The second-order valence-corrected chi connectivity index (χ2v) is 4.93. The smallest absolute Gasteiger partial charge is 0.325 e. The maximum atomic E-state index is 11.6. The van der Waals surface area contributed by atoms with E-state index in [9.17, 15) is 9.59 Å². The van der Waals surface area contributed by atoms with Crippen LogP contribution in [0, 0.1) is 0 Å². The van der Waals surface area contributed by atoms with Gasteiger partial charge in [0.05, 0.1) is 6.61 Å². The minimum absolute atomic E-state index is 0.470. The Balaban J connectivity index is 2.81. The summed E-state index contributed by atoms with van der Waals surface area (Å²) in [7, 11) is 0. The summed E-state index contributed by atoms with van der Waals surface area (Å²) in [5, 5.41) is 11.0. The summed E-state index contributed by atoms with van der Waals surface area (Å²) in [4.78, 5) is 22.2. The molecule has 0 unspecified atom stereocenters. The first-order valence-electron chi connectivity index (χ1n) is 6.07. The van der Waals surface area contributed by atoms with Crippen molar-refractivity contribution >= 4 is 33.9 Å². The Labute approximate surface area is 125 Å². The molecule has 5 nitrogen and oxygen atoms in total. The van der Waals surface area contributed by atoms with Crippen LogP contribution in [0.4, 0.5) is 0 Å². The van der Waals surface area contributed by atoms with E-state index in [0.717, 1.165) is 10.0 Å². The molecule has 2 N–H and O–H groups in total. The number of benzene rings is 1. The van der Waals surface area contributed by atoms with Crippen LogP contribution in [0.3, 0.4) is 0 Å². The Kier molecular flexibility index (Phi) is 6.24. The number of amides is 1. The minimum Gasteiger partial charge on any atom is -0.493 e. The van der Waals surface area contributed by atoms with Gasteiger partial charge in [-0.2, -0.15) is 0 Å². The molecule has 0 aliphatic rings. The number of hydrogen-bond acceptors (Lipinski definition) is 3. The van der Waals surface area contributed by atoms with Gasteiger partial charge in [-0.25, -0.2) is 0 Å². The molecule has 20 heavy (non-hydrogen) atoms. The van der Waals surface area contributed by atoms with Gasteiger partial charge in [0.15, 0.2) is 0 Å². The maximum Gasteiger partial charge on any atom is 0.325 e. The van der Waals surface area contributed by atoms with E-state index in [0.29, 0.717) is 12.4 Å². The fraction of sp³-hybridized carbons (Fsp3) is 0.286. The molecule has 108 valence electrons. The first-order valence-corrected chi connectivity index (χ1v) is 6.87. The van der Waals surface area contributed by atoms with E-state index in [4.69, 9.17) is 9.84 Å². The van der Waals surface area contributed by atoms with Crippen molar-refractivity contribution in [2.45, 2.75) is 19.9 Å². The van der Waals surface area contributed by atoms with Crippen molar-refractivity contribution in [2.24, 2.45) is 0 Å². The largest absolute Gasteiger partial charge is 0.493 e. The van der Waals surface area contributed by atoms with Crippen molar-refractivity contribution < 1.29 is 19.4 Å². The third kappa shape index (κ3) is 5.05. The number of carbonyl (C=O) groups is 2. The summed E-state index contributed by atoms with van der Waals surface area (Å²) in [6.45, 7) is 3.79. The number of aliphatic carboxylic acids is 1. The predicted octanol–water partition coefficient (Wildman–Crippen LogP) is 2.45. The summed E-state index contributed by atoms with van der Waals surface area (Å²) in [5.41, 5.74) is 0.736. The quantitative estimate of drug-likeness (QED) is 0.779. The first-order chi connectivity index (χ1) is 9.43. The number of carboxylic acids is 1. The fourth-order valence-electron chi connectivity index (χ4n) is 1.43. The van der Waals surface area contributed by atoms with E-state index in [-0.39, 0.29) is 0 Å². The van der Waals surface area contributed by atoms with Crippen LogP contribution >= 0.6 is 15.9 Å². The number of ether oxygens (including phenoxy) is 1. The summed E-state index contributed by atoms with van der Waals surface area (Å²) in [5.74, 6) is -0.891. The average Bonchev–Trinajstić information content (AvgIpc) is 2.39. The highest BCUT2D eigenvalue weighted by molar-refractivity contribution is 9.10. The zero-order chi connectivity index (χ0) is 15.1. The third-order valence-electron chi connectivity index (χ3n) is 2.42. The van der Waals surface area contributed by atoms with Crippen molar-refractivity contribution in [3.8, 4) is 5.75 Å². The molecule has 0 radical (unpaired) electrons. The normalized spacial score (nSPS) is 12.2. The molecule has 1 rings (SSSR count). The summed E-state index contributed by atoms with van der Waals surface area (Å²) < 4.78 is 6.31. The zero-order valence-corrected chi connectivity index (χ0v) is 12.8. The highest BCUT2D eigenvalue weighted by atomic mass is 79.9. The fourth-order valence-corrected chi connectivity index (χ4v) is 1.80. The molecule has 0 aromatic heterocycles. The summed E-state index contributed by atoms with van der Waals surface area (Å²) >= 11 is 3.35. The summed E-state index contributed by atoms with van der Waals surface area (Å²) in [6.07, 6.45) is 2.86. The Hall–Kier alpha value is -1.82. The second-order valence-electron chi connectivity index (χ2n) is 4.02. The van der Waals surface area contributed by atoms with Gasteiger partial charge in [0, 0.05) is 16.1 Å². The number of halogens is 1. The predicted molar refractivity (Wildman–Crippen MR) is 79.6 cm³/mol. The third-order valence-corrected chi connectivity index (χ3v) is 2.91. The van der Waals surface area contributed by atoms with E-state index in [1.54, 1.807) is 12.1 Å². The van der Waals surface area contributed by atoms with Gasteiger partial charge in [0.1, 0.15) is 11.8 Å². The van der Waals surface area contributed by atoms with Crippen molar-refractivity contribution in [1.29, 1.82) is 0 Å². The van der Waals surface area contributed by atoms with Crippen LogP contribution in [0.2, 0.25) is 0 Å². The standard InChI is InChI=1S/C14H16BrNO4/c1-3-20-12-6-5-11(15)8-10(12)4-7-13(17)16-9(2)14(18)19/h4-9H,3H2,1-2H3,(H,16,17)(H,18,19)/b7-4+/t9-/m0/s1. The minimum atomic E-state index is -1.08. The molecule has 0 bridgehead atoms. The lowest BCUT2D eigenvalue weighted by Gasteiger charge is -2.08. The van der Waals surface area contributed by atoms with Crippen molar-refractivity contribution in [3.05, 3.63) is 34.3 Å². The molecule has 0 spiro atoms. The van der Waals surface area contributed by atoms with Crippen molar-refractivity contribution in [2.75, 3.05) is 6.61 Å². The highest BCUT2D eigenvalue weighted by Gasteiger charge is 2.11. The molecular weight excluding hydrogens is 326 g/mol. The first kappa shape index (κ1) is 16.2. The molecule has 6 heteroatoms. The van der Waals surface area contributed by atoms with Gasteiger partial charge in [-0.15, -0.1) is 0 Å². The molecule has 1 atom stereocenters. The van der Waals surface area contributed by atoms with Crippen LogP contribution in [0.15, 0.2) is 28.7 Å². The van der Waals surface area contributed by atoms with Crippen LogP contribution in [-0.2, 0) is 9.59 Å². The molecule has 0 fully saturated rings. The van der Waals surface area contributed by atoms with Crippen LogP contribution in [0.5, 0.6) is 5.75 Å². The topological polar surface area (TPSA) is 75.6 Å². The number of rotatable bonds is 6.